The number of carbonyl (C=O) groups is 1. The topological polar surface area (TPSA) is 35.5 Å². The molecule has 0 heterocycles. The van der Waals surface area contributed by atoms with E-state index in [1.54, 1.807) is 7.11 Å². The zero-order valence-corrected chi connectivity index (χ0v) is 8.22. The van der Waals surface area contributed by atoms with E-state index in [9.17, 15) is 4.79 Å². The Bertz CT molecular complexity index is 102. The summed E-state index contributed by atoms with van der Waals surface area (Å²) >= 11 is 0. The predicted octanol–water partition coefficient (Wildman–Crippen LogP) is 1.61. The molecule has 0 rings (SSSR count). The Morgan fingerprint density at radius 3 is 1.36 bits per heavy atom. The van der Waals surface area contributed by atoms with Gasteiger partial charge in [-0.3, -0.25) is 4.79 Å². The fraction of sp³-hybridized carbons (Fsp3) is 0.875. The molecule has 0 aliphatic rings. The van der Waals surface area contributed by atoms with Gasteiger partial charge in [-0.15, -0.1) is 0 Å². The minimum atomic E-state index is -0.245. The van der Waals surface area contributed by atoms with Crippen LogP contribution in [0.1, 0.15) is 27.7 Å². The van der Waals surface area contributed by atoms with Crippen molar-refractivity contribution in [1.82, 2.24) is 0 Å². The molecule has 0 N–H and O–H groups in total. The van der Waals surface area contributed by atoms with E-state index in [0.29, 0.717) is 0 Å². The van der Waals surface area contributed by atoms with Gasteiger partial charge in [0.25, 0.3) is 0 Å². The molecule has 0 saturated carbocycles. The minimum absolute atomic E-state index is 0.0417. The van der Waals surface area contributed by atoms with E-state index in [4.69, 9.17) is 4.74 Å². The van der Waals surface area contributed by atoms with Crippen LogP contribution in [0.3, 0.4) is 0 Å². The van der Waals surface area contributed by atoms with Gasteiger partial charge in [0, 0.05) is 14.0 Å². The van der Waals surface area contributed by atoms with Crippen LogP contribution >= 0.6 is 0 Å². The van der Waals surface area contributed by atoms with Crippen LogP contribution in [0.4, 0.5) is 0 Å². The highest BCUT2D eigenvalue weighted by atomic mass is 16.5. The van der Waals surface area contributed by atoms with Crippen LogP contribution in [0.25, 0.3) is 0 Å². The molecule has 0 bridgehead atoms. The summed E-state index contributed by atoms with van der Waals surface area (Å²) < 4.78 is 9.05. The van der Waals surface area contributed by atoms with Crippen LogP contribution in [-0.2, 0) is 14.3 Å². The third kappa shape index (κ3) is 26.5. The monoisotopic (exact) mass is 162 g/mol. The summed E-state index contributed by atoms with van der Waals surface area (Å²) in [6, 6.07) is 0. The minimum Gasteiger partial charge on any atom is -0.469 e. The normalized spacial score (nSPS) is 9.64. The third-order valence-corrected chi connectivity index (χ3v) is 0.900. The predicted molar refractivity (Wildman–Crippen MR) is 44.5 cm³/mol. The average molecular weight is 162 g/mol. The van der Waals surface area contributed by atoms with Crippen LogP contribution in [0.2, 0.25) is 0 Å². The summed E-state index contributed by atoms with van der Waals surface area (Å²) in [4.78, 5) is 9.59. The summed E-state index contributed by atoms with van der Waals surface area (Å²) in [7, 11) is 3.06. The highest BCUT2D eigenvalue weighted by Crippen LogP contribution is 2.02. The van der Waals surface area contributed by atoms with E-state index in [2.05, 4.69) is 4.74 Å². The molecule has 0 fully saturated rings. The lowest BCUT2D eigenvalue weighted by Gasteiger charge is -2.14. The number of carbonyl (C=O) groups excluding carboxylic acids is 1. The van der Waals surface area contributed by atoms with Crippen molar-refractivity contribution >= 4 is 5.97 Å². The smallest absolute Gasteiger partial charge is 0.302 e. The van der Waals surface area contributed by atoms with Crippen molar-refractivity contribution < 1.29 is 14.3 Å². The van der Waals surface area contributed by atoms with Crippen molar-refractivity contribution in [2.24, 2.45) is 0 Å². The maximum Gasteiger partial charge on any atom is 0.302 e. The summed E-state index contributed by atoms with van der Waals surface area (Å²) in [5.41, 5.74) is 0.0417. The Balaban J connectivity index is 0. The van der Waals surface area contributed by atoms with Gasteiger partial charge in [-0.1, -0.05) is 0 Å². The van der Waals surface area contributed by atoms with Crippen LogP contribution < -0.4 is 0 Å². The Hall–Kier alpha value is -0.570. The van der Waals surface area contributed by atoms with E-state index in [-0.39, 0.29) is 11.6 Å². The molecular formula is C8H18O3. The average Bonchev–Trinajstić information content (AvgIpc) is 1.88. The van der Waals surface area contributed by atoms with Gasteiger partial charge in [0.05, 0.1) is 12.7 Å². The van der Waals surface area contributed by atoms with Gasteiger partial charge in [0.2, 0.25) is 0 Å². The van der Waals surface area contributed by atoms with E-state index in [0.717, 1.165) is 0 Å². The van der Waals surface area contributed by atoms with Crippen molar-refractivity contribution in [2.45, 2.75) is 33.3 Å². The zero-order chi connectivity index (χ0) is 9.49. The van der Waals surface area contributed by atoms with Crippen molar-refractivity contribution in [2.75, 3.05) is 14.2 Å². The van der Waals surface area contributed by atoms with Gasteiger partial charge in [-0.2, -0.15) is 0 Å². The SMILES string of the molecule is COC(C)(C)C.COC(C)=O. The highest BCUT2D eigenvalue weighted by Gasteiger charge is 2.03. The molecule has 0 aliphatic carbocycles. The molecule has 0 aromatic carbocycles. The lowest BCUT2D eigenvalue weighted by molar-refractivity contribution is -0.137. The number of ether oxygens (including phenoxy) is 2. The fourth-order valence-electron chi connectivity index (χ4n) is 0. The van der Waals surface area contributed by atoms with Crippen molar-refractivity contribution in [3.63, 3.8) is 0 Å². The van der Waals surface area contributed by atoms with Gasteiger partial charge < -0.3 is 9.47 Å². The second kappa shape index (κ2) is 6.16. The number of esters is 1. The molecule has 0 spiro atoms. The number of methoxy groups -OCH3 is 2. The molecule has 3 heteroatoms. The van der Waals surface area contributed by atoms with E-state index < -0.39 is 0 Å². The standard InChI is InChI=1S/C5H12O.C3H6O2/c1-5(2,3)6-4;1-3(4)5-2/h1-4H3;1-2H3. The van der Waals surface area contributed by atoms with Crippen LogP contribution in [0.5, 0.6) is 0 Å². The lowest BCUT2D eigenvalue weighted by Crippen LogP contribution is -2.15. The summed E-state index contributed by atoms with van der Waals surface area (Å²) in [6.07, 6.45) is 0. The molecular weight excluding hydrogens is 144 g/mol. The Kier molecular flexibility index (Phi) is 7.31. The number of hydrogen-bond acceptors (Lipinski definition) is 3. The molecule has 68 valence electrons. The van der Waals surface area contributed by atoms with Crippen LogP contribution in [-0.4, -0.2) is 25.8 Å². The second-order valence-electron chi connectivity index (χ2n) is 3.01. The van der Waals surface area contributed by atoms with E-state index in [1.165, 1.54) is 14.0 Å². The number of rotatable bonds is 0. The summed E-state index contributed by atoms with van der Waals surface area (Å²) in [6.45, 7) is 7.42. The number of hydrogen-bond donors (Lipinski definition) is 0. The maximum absolute atomic E-state index is 9.59. The first-order valence-corrected chi connectivity index (χ1v) is 3.43. The molecule has 11 heavy (non-hydrogen) atoms. The van der Waals surface area contributed by atoms with E-state index in [1.807, 2.05) is 20.8 Å². The molecule has 0 aromatic rings. The lowest BCUT2D eigenvalue weighted by atomic mass is 10.2. The Labute approximate surface area is 68.7 Å². The molecule has 0 amide bonds. The van der Waals surface area contributed by atoms with Gasteiger partial charge in [-0.25, -0.2) is 0 Å². The molecule has 0 atom stereocenters. The van der Waals surface area contributed by atoms with Gasteiger partial charge in [0.1, 0.15) is 0 Å². The fourth-order valence-corrected chi connectivity index (χ4v) is 0. The Morgan fingerprint density at radius 2 is 1.36 bits per heavy atom. The Morgan fingerprint density at radius 1 is 1.18 bits per heavy atom. The first kappa shape index (κ1) is 13.1. The largest absolute Gasteiger partial charge is 0.469 e. The molecule has 0 radical (unpaired) electrons. The maximum atomic E-state index is 9.59. The van der Waals surface area contributed by atoms with Gasteiger partial charge in [0.15, 0.2) is 0 Å². The van der Waals surface area contributed by atoms with Crippen molar-refractivity contribution in [1.29, 1.82) is 0 Å². The van der Waals surface area contributed by atoms with Gasteiger partial charge in [-0.05, 0) is 20.8 Å². The molecule has 3 nitrogen and oxygen atoms in total. The van der Waals surface area contributed by atoms with Crippen molar-refractivity contribution in [3.8, 4) is 0 Å². The molecule has 0 aliphatic heterocycles. The zero-order valence-electron chi connectivity index (χ0n) is 8.22. The van der Waals surface area contributed by atoms with Crippen LogP contribution in [0, 0.1) is 0 Å². The first-order chi connectivity index (χ1) is 4.83. The third-order valence-electron chi connectivity index (χ3n) is 0.900. The van der Waals surface area contributed by atoms with E-state index >= 15 is 0 Å². The van der Waals surface area contributed by atoms with Gasteiger partial charge >= 0.3 is 5.97 Å². The first-order valence-electron chi connectivity index (χ1n) is 3.43. The molecule has 0 unspecified atom stereocenters. The summed E-state index contributed by atoms with van der Waals surface area (Å²) in [5.74, 6) is -0.245. The highest BCUT2D eigenvalue weighted by molar-refractivity contribution is 5.65. The molecule has 0 saturated heterocycles. The van der Waals surface area contributed by atoms with Crippen molar-refractivity contribution in [3.05, 3.63) is 0 Å². The molecule has 0 aromatic heterocycles. The summed E-state index contributed by atoms with van der Waals surface area (Å²) in [5, 5.41) is 0. The quantitative estimate of drug-likeness (QED) is 0.508. The second-order valence-corrected chi connectivity index (χ2v) is 3.01. The van der Waals surface area contributed by atoms with Crippen LogP contribution in [0.15, 0.2) is 0 Å².